The highest BCUT2D eigenvalue weighted by Gasteiger charge is 2.29. The molecule has 2 atom stereocenters. The van der Waals surface area contributed by atoms with Crippen LogP contribution in [0, 0.1) is 0 Å². The second kappa shape index (κ2) is 9.81. The number of aromatic hydroxyl groups is 1. The monoisotopic (exact) mass is 478 g/mol. The number of aromatic nitrogens is 2. The predicted octanol–water partition coefficient (Wildman–Crippen LogP) is 2.40. The fourth-order valence-corrected chi connectivity index (χ4v) is 4.15. The van der Waals surface area contributed by atoms with Gasteiger partial charge in [-0.2, -0.15) is 0 Å². The van der Waals surface area contributed by atoms with E-state index in [0.29, 0.717) is 16.7 Å². The molecule has 35 heavy (non-hydrogen) atoms. The standard InChI is InChI=1S/C26H27FN4O4/c1-26(27)11-10-17(18(13-26)23(33)28-2)14-30-24(34)20-22(32)21-19(9-6-12-29-21)31(25(20)35)15-16-7-4-3-5-8-16/h3-10,12-13,23,28,32-33H,11,14-15H2,1-2H3,(H,30,34). The molecular weight excluding hydrogens is 451 g/mol. The molecule has 182 valence electrons. The van der Waals surface area contributed by atoms with Crippen LogP contribution < -0.4 is 16.2 Å². The van der Waals surface area contributed by atoms with E-state index in [0.717, 1.165) is 5.56 Å². The number of hydrogen-bond acceptors (Lipinski definition) is 6. The van der Waals surface area contributed by atoms with Gasteiger partial charge in [0.25, 0.3) is 11.5 Å². The van der Waals surface area contributed by atoms with Crippen LogP contribution in [0.2, 0.25) is 0 Å². The van der Waals surface area contributed by atoms with E-state index >= 15 is 0 Å². The number of alkyl halides is 1. The zero-order chi connectivity index (χ0) is 25.2. The van der Waals surface area contributed by atoms with E-state index in [1.807, 2.05) is 30.3 Å². The molecular formula is C26H27FN4O4. The SMILES string of the molecule is CNC(O)C1=CC(C)(F)CC=C1CNC(=O)c1c(O)c2ncccc2n(Cc2ccccc2)c1=O. The van der Waals surface area contributed by atoms with Gasteiger partial charge in [0.1, 0.15) is 23.0 Å². The summed E-state index contributed by atoms with van der Waals surface area (Å²) >= 11 is 0. The minimum atomic E-state index is -1.63. The molecule has 1 amide bonds. The Bertz CT molecular complexity index is 1380. The minimum Gasteiger partial charge on any atom is -0.505 e. The van der Waals surface area contributed by atoms with Crippen LogP contribution in [-0.2, 0) is 6.54 Å². The average molecular weight is 479 g/mol. The number of carbonyl (C=O) groups excluding carboxylic acids is 1. The minimum absolute atomic E-state index is 0.0721. The maximum Gasteiger partial charge on any atom is 0.268 e. The Labute approximate surface area is 201 Å². The fourth-order valence-electron chi connectivity index (χ4n) is 4.15. The molecule has 0 saturated heterocycles. The fraction of sp³-hybridized carbons (Fsp3) is 0.269. The number of rotatable bonds is 7. The number of aliphatic hydroxyl groups is 1. The number of aliphatic hydroxyl groups excluding tert-OH is 1. The van der Waals surface area contributed by atoms with Crippen LogP contribution in [0.1, 0.15) is 29.3 Å². The number of fused-ring (bicyclic) bond motifs is 1. The van der Waals surface area contributed by atoms with E-state index < -0.39 is 34.7 Å². The van der Waals surface area contributed by atoms with Crippen LogP contribution in [0.3, 0.4) is 0 Å². The smallest absolute Gasteiger partial charge is 0.268 e. The first kappa shape index (κ1) is 24.3. The molecule has 8 nitrogen and oxygen atoms in total. The molecule has 4 rings (SSSR count). The number of allylic oxidation sites excluding steroid dienone is 2. The van der Waals surface area contributed by atoms with Gasteiger partial charge in [0.05, 0.1) is 12.1 Å². The van der Waals surface area contributed by atoms with Crippen molar-refractivity contribution in [3.63, 3.8) is 0 Å². The maximum atomic E-state index is 14.5. The van der Waals surface area contributed by atoms with Gasteiger partial charge in [-0.05, 0) is 48.9 Å². The number of carbonyl (C=O) groups is 1. The lowest BCUT2D eigenvalue weighted by molar-refractivity contribution is 0.0951. The van der Waals surface area contributed by atoms with Crippen molar-refractivity contribution in [2.45, 2.75) is 31.8 Å². The zero-order valence-electron chi connectivity index (χ0n) is 19.5. The Morgan fingerprint density at radius 1 is 1.26 bits per heavy atom. The van der Waals surface area contributed by atoms with E-state index in [1.54, 1.807) is 18.2 Å². The van der Waals surface area contributed by atoms with Crippen LogP contribution in [0.15, 0.2) is 76.8 Å². The first-order valence-electron chi connectivity index (χ1n) is 11.2. The summed E-state index contributed by atoms with van der Waals surface area (Å²) in [6, 6.07) is 12.6. The van der Waals surface area contributed by atoms with Crippen LogP contribution in [0.4, 0.5) is 4.39 Å². The molecule has 1 aromatic carbocycles. The Kier molecular flexibility index (Phi) is 6.81. The van der Waals surface area contributed by atoms with E-state index in [9.17, 15) is 24.2 Å². The van der Waals surface area contributed by atoms with E-state index in [-0.39, 0.29) is 25.0 Å². The van der Waals surface area contributed by atoms with Crippen LogP contribution >= 0.6 is 0 Å². The number of pyridine rings is 2. The zero-order valence-corrected chi connectivity index (χ0v) is 19.5. The number of halogens is 1. The molecule has 0 radical (unpaired) electrons. The van der Waals surface area contributed by atoms with Crippen molar-refractivity contribution in [1.29, 1.82) is 0 Å². The molecule has 4 N–H and O–H groups in total. The number of likely N-dealkylation sites (N-methyl/N-ethyl adjacent to an activating group) is 1. The Balaban J connectivity index is 1.68. The van der Waals surface area contributed by atoms with Gasteiger partial charge in [-0.1, -0.05) is 36.4 Å². The second-order valence-corrected chi connectivity index (χ2v) is 8.66. The maximum absolute atomic E-state index is 14.5. The second-order valence-electron chi connectivity index (χ2n) is 8.66. The molecule has 1 aliphatic carbocycles. The molecule has 1 aliphatic rings. The van der Waals surface area contributed by atoms with Crippen molar-refractivity contribution in [2.75, 3.05) is 13.6 Å². The number of nitrogens with one attached hydrogen (secondary N) is 2. The predicted molar refractivity (Wildman–Crippen MR) is 131 cm³/mol. The van der Waals surface area contributed by atoms with Crippen LogP contribution in [-0.4, -0.2) is 51.2 Å². The lowest BCUT2D eigenvalue weighted by Crippen LogP contribution is -2.37. The number of amides is 1. The molecule has 0 aliphatic heterocycles. The van der Waals surface area contributed by atoms with Gasteiger partial charge in [-0.25, -0.2) is 4.39 Å². The lowest BCUT2D eigenvalue weighted by Gasteiger charge is -2.27. The van der Waals surface area contributed by atoms with E-state index in [1.165, 1.54) is 30.8 Å². The molecule has 2 heterocycles. The van der Waals surface area contributed by atoms with Crippen LogP contribution in [0.25, 0.3) is 11.0 Å². The van der Waals surface area contributed by atoms with Crippen molar-refractivity contribution in [1.82, 2.24) is 20.2 Å². The molecule has 9 heteroatoms. The Morgan fingerprint density at radius 3 is 2.71 bits per heavy atom. The third-order valence-corrected chi connectivity index (χ3v) is 5.99. The topological polar surface area (TPSA) is 116 Å². The van der Waals surface area contributed by atoms with Gasteiger partial charge in [-0.3, -0.25) is 19.9 Å². The van der Waals surface area contributed by atoms with Crippen molar-refractivity contribution >= 4 is 16.9 Å². The highest BCUT2D eigenvalue weighted by atomic mass is 19.1. The quantitative estimate of drug-likeness (QED) is 0.388. The van der Waals surface area contributed by atoms with Crippen LogP contribution in [0.5, 0.6) is 5.75 Å². The summed E-state index contributed by atoms with van der Waals surface area (Å²) in [6.07, 6.45) is 3.34. The molecule has 2 aromatic heterocycles. The Morgan fingerprint density at radius 2 is 2.00 bits per heavy atom. The summed E-state index contributed by atoms with van der Waals surface area (Å²) in [6.45, 7) is 1.51. The van der Waals surface area contributed by atoms with Crippen molar-refractivity contribution in [2.24, 2.45) is 0 Å². The third kappa shape index (κ3) is 5.01. The molecule has 0 spiro atoms. The molecule has 3 aromatic rings. The highest BCUT2D eigenvalue weighted by Crippen LogP contribution is 2.30. The third-order valence-electron chi connectivity index (χ3n) is 5.99. The van der Waals surface area contributed by atoms with Gasteiger partial charge < -0.3 is 20.1 Å². The summed E-state index contributed by atoms with van der Waals surface area (Å²) in [5.41, 5.74) is -0.543. The van der Waals surface area contributed by atoms with Crippen molar-refractivity contribution < 1.29 is 19.4 Å². The normalized spacial score (nSPS) is 18.6. The summed E-state index contributed by atoms with van der Waals surface area (Å²) in [4.78, 5) is 30.7. The van der Waals surface area contributed by atoms with Gasteiger partial charge in [0.2, 0.25) is 0 Å². The van der Waals surface area contributed by atoms with E-state index in [2.05, 4.69) is 15.6 Å². The Hall–Kier alpha value is -3.82. The van der Waals surface area contributed by atoms with Gasteiger partial charge in [0, 0.05) is 19.2 Å². The van der Waals surface area contributed by atoms with Crippen molar-refractivity contribution in [3.05, 3.63) is 93.4 Å². The van der Waals surface area contributed by atoms with Gasteiger partial charge in [0.15, 0.2) is 5.75 Å². The molecule has 2 unspecified atom stereocenters. The largest absolute Gasteiger partial charge is 0.505 e. The van der Waals surface area contributed by atoms with Crippen molar-refractivity contribution in [3.8, 4) is 5.75 Å². The average Bonchev–Trinajstić information content (AvgIpc) is 2.85. The number of benzene rings is 1. The molecule has 0 saturated carbocycles. The molecule has 0 fully saturated rings. The number of hydrogen-bond donors (Lipinski definition) is 4. The van der Waals surface area contributed by atoms with E-state index in [4.69, 9.17) is 0 Å². The first-order valence-corrected chi connectivity index (χ1v) is 11.2. The van der Waals surface area contributed by atoms with Gasteiger partial charge in [-0.15, -0.1) is 0 Å². The summed E-state index contributed by atoms with van der Waals surface area (Å²) in [7, 11) is 1.53. The number of nitrogens with zero attached hydrogens (tertiary/aromatic N) is 2. The highest BCUT2D eigenvalue weighted by molar-refractivity contribution is 6.01. The van der Waals surface area contributed by atoms with Gasteiger partial charge >= 0.3 is 0 Å². The summed E-state index contributed by atoms with van der Waals surface area (Å²) < 4.78 is 15.9. The molecule has 0 bridgehead atoms. The lowest BCUT2D eigenvalue weighted by atomic mass is 9.88. The first-order chi connectivity index (χ1) is 16.7. The summed E-state index contributed by atoms with van der Waals surface area (Å²) in [5, 5.41) is 26.4. The summed E-state index contributed by atoms with van der Waals surface area (Å²) in [5.74, 6) is -1.30.